The van der Waals surface area contributed by atoms with E-state index >= 15 is 0 Å². The molecular formula is C13H23N3O2S. The molecule has 1 aromatic rings. The van der Waals surface area contributed by atoms with Gasteiger partial charge in [0, 0.05) is 11.8 Å². The average Bonchev–Trinajstić information content (AvgIpc) is 2.57. The van der Waals surface area contributed by atoms with Gasteiger partial charge in [0.2, 0.25) is 10.0 Å². The highest BCUT2D eigenvalue weighted by Gasteiger charge is 2.28. The highest BCUT2D eigenvalue weighted by atomic mass is 32.2. The number of sulfonamides is 1. The van der Waals surface area contributed by atoms with Crippen molar-refractivity contribution >= 4 is 10.0 Å². The topological polar surface area (TPSA) is 78.0 Å². The molecule has 0 unspecified atom stereocenters. The van der Waals surface area contributed by atoms with E-state index in [9.17, 15) is 8.42 Å². The predicted octanol–water partition coefficient (Wildman–Crippen LogP) is 2.12. The smallest absolute Gasteiger partial charge is 0.213 e. The number of rotatable bonds is 3. The van der Waals surface area contributed by atoms with E-state index in [0.717, 1.165) is 18.5 Å². The number of primary sulfonamides is 1. The molecular weight excluding hydrogens is 262 g/mol. The van der Waals surface area contributed by atoms with Gasteiger partial charge in [-0.1, -0.05) is 13.8 Å². The van der Waals surface area contributed by atoms with Crippen LogP contribution in [0.15, 0.2) is 6.20 Å². The summed E-state index contributed by atoms with van der Waals surface area (Å²) in [4.78, 5) is 0. The van der Waals surface area contributed by atoms with Gasteiger partial charge in [-0.2, -0.15) is 5.10 Å². The second kappa shape index (κ2) is 4.90. The summed E-state index contributed by atoms with van der Waals surface area (Å²) < 4.78 is 24.3. The summed E-state index contributed by atoms with van der Waals surface area (Å²) in [7, 11) is -3.49. The normalized spacial score (nSPS) is 20.6. The lowest BCUT2D eigenvalue weighted by molar-refractivity contribution is 0.186. The molecule has 6 heteroatoms. The van der Waals surface area contributed by atoms with Crippen LogP contribution in [-0.2, 0) is 15.8 Å². The quantitative estimate of drug-likeness (QED) is 0.924. The van der Waals surface area contributed by atoms with Crippen molar-refractivity contribution < 1.29 is 8.42 Å². The number of nitrogens with two attached hydrogens (primary N) is 1. The summed E-state index contributed by atoms with van der Waals surface area (Å²) in [5.41, 5.74) is 1.90. The monoisotopic (exact) mass is 285 g/mol. The third-order valence-electron chi connectivity index (χ3n) is 4.06. The first-order valence-corrected chi connectivity index (χ1v) is 8.43. The zero-order valence-corrected chi connectivity index (χ0v) is 12.7. The van der Waals surface area contributed by atoms with Crippen LogP contribution < -0.4 is 5.14 Å². The van der Waals surface area contributed by atoms with Gasteiger partial charge in [0.1, 0.15) is 0 Å². The van der Waals surface area contributed by atoms with Crippen LogP contribution in [0.2, 0.25) is 0 Å². The Kier molecular flexibility index (Phi) is 3.75. The summed E-state index contributed by atoms with van der Waals surface area (Å²) in [6, 6.07) is 0.390. The lowest BCUT2D eigenvalue weighted by atomic mass is 9.76. The summed E-state index contributed by atoms with van der Waals surface area (Å²) in [6.45, 7) is 6.43. The molecule has 0 aromatic carbocycles. The molecule has 0 aliphatic heterocycles. The van der Waals surface area contributed by atoms with Crippen LogP contribution in [0.1, 0.15) is 56.8 Å². The third kappa shape index (κ3) is 3.79. The predicted molar refractivity (Wildman–Crippen MR) is 75.1 cm³/mol. The van der Waals surface area contributed by atoms with Gasteiger partial charge in [0.05, 0.1) is 17.5 Å². The maximum absolute atomic E-state index is 11.2. The van der Waals surface area contributed by atoms with Crippen molar-refractivity contribution in [2.45, 2.75) is 58.2 Å². The summed E-state index contributed by atoms with van der Waals surface area (Å²) in [5, 5.41) is 9.56. The van der Waals surface area contributed by atoms with Crippen molar-refractivity contribution in [3.8, 4) is 0 Å². The third-order valence-corrected chi connectivity index (χ3v) is 4.77. The Morgan fingerprint density at radius 2 is 2.00 bits per heavy atom. The van der Waals surface area contributed by atoms with Gasteiger partial charge in [-0.25, -0.2) is 13.6 Å². The van der Waals surface area contributed by atoms with E-state index in [2.05, 4.69) is 18.9 Å². The van der Waals surface area contributed by atoms with Crippen molar-refractivity contribution in [1.29, 1.82) is 0 Å². The molecule has 0 radical (unpaired) electrons. The maximum atomic E-state index is 11.2. The van der Waals surface area contributed by atoms with Crippen LogP contribution in [0.5, 0.6) is 0 Å². The zero-order chi connectivity index (χ0) is 14.3. The first-order valence-electron chi connectivity index (χ1n) is 6.71. The minimum absolute atomic E-state index is 0.128. The fraction of sp³-hybridized carbons (Fsp3) is 0.769. The molecule has 5 nitrogen and oxygen atoms in total. The number of hydrogen-bond acceptors (Lipinski definition) is 3. The minimum Gasteiger partial charge on any atom is -0.269 e. The Balaban J connectivity index is 2.13. The Hall–Kier alpha value is -0.880. The number of nitrogens with zero attached hydrogens (tertiary/aromatic N) is 2. The van der Waals surface area contributed by atoms with E-state index in [1.165, 1.54) is 12.8 Å². The van der Waals surface area contributed by atoms with Gasteiger partial charge in [-0.15, -0.1) is 0 Å². The lowest BCUT2D eigenvalue weighted by Gasteiger charge is -2.34. The van der Waals surface area contributed by atoms with E-state index in [1.807, 2.05) is 17.8 Å². The molecule has 108 valence electrons. The van der Waals surface area contributed by atoms with Crippen LogP contribution in [0, 0.1) is 12.3 Å². The Labute approximate surface area is 115 Å². The van der Waals surface area contributed by atoms with Crippen molar-refractivity contribution in [3.63, 3.8) is 0 Å². The van der Waals surface area contributed by atoms with Crippen LogP contribution in [0.4, 0.5) is 0 Å². The molecule has 0 spiro atoms. The molecule has 19 heavy (non-hydrogen) atoms. The van der Waals surface area contributed by atoms with Crippen molar-refractivity contribution in [1.82, 2.24) is 9.78 Å². The van der Waals surface area contributed by atoms with Gasteiger partial charge < -0.3 is 0 Å². The van der Waals surface area contributed by atoms with E-state index in [-0.39, 0.29) is 5.75 Å². The van der Waals surface area contributed by atoms with Crippen molar-refractivity contribution in [2.75, 3.05) is 0 Å². The maximum Gasteiger partial charge on any atom is 0.213 e. The molecule has 0 amide bonds. The second-order valence-corrected chi connectivity index (χ2v) is 8.04. The first-order chi connectivity index (χ1) is 8.66. The molecule has 0 atom stereocenters. The van der Waals surface area contributed by atoms with Crippen LogP contribution in [0.3, 0.4) is 0 Å². The second-order valence-electron chi connectivity index (χ2n) is 6.42. The molecule has 1 saturated carbocycles. The lowest BCUT2D eigenvalue weighted by Crippen LogP contribution is -2.23. The van der Waals surface area contributed by atoms with Gasteiger partial charge in [0.25, 0.3) is 0 Å². The number of hydrogen-bond donors (Lipinski definition) is 1. The van der Waals surface area contributed by atoms with Crippen LogP contribution in [0.25, 0.3) is 0 Å². The standard InChI is InChI=1S/C13H23N3O2S/c1-10-11(9-19(14,17)18)8-16(15-10)12-4-6-13(2,3)7-5-12/h8,12H,4-7,9H2,1-3H3,(H2,14,17,18). The van der Waals surface area contributed by atoms with Crippen molar-refractivity contribution in [2.24, 2.45) is 10.6 Å². The van der Waals surface area contributed by atoms with Gasteiger partial charge in [0.15, 0.2) is 0 Å². The fourth-order valence-electron chi connectivity index (χ4n) is 2.71. The average molecular weight is 285 g/mol. The molecule has 1 aromatic heterocycles. The first kappa shape index (κ1) is 14.5. The highest BCUT2D eigenvalue weighted by molar-refractivity contribution is 7.88. The van der Waals surface area contributed by atoms with E-state index in [1.54, 1.807) is 0 Å². The van der Waals surface area contributed by atoms with Crippen LogP contribution >= 0.6 is 0 Å². The minimum atomic E-state index is -3.49. The van der Waals surface area contributed by atoms with E-state index < -0.39 is 10.0 Å². The van der Waals surface area contributed by atoms with E-state index in [4.69, 9.17) is 5.14 Å². The van der Waals surface area contributed by atoms with Gasteiger partial charge in [-0.3, -0.25) is 4.68 Å². The number of aromatic nitrogens is 2. The van der Waals surface area contributed by atoms with E-state index in [0.29, 0.717) is 17.0 Å². The van der Waals surface area contributed by atoms with Gasteiger partial charge in [-0.05, 0) is 38.0 Å². The largest absolute Gasteiger partial charge is 0.269 e. The summed E-state index contributed by atoms with van der Waals surface area (Å²) in [6.07, 6.45) is 6.41. The Bertz CT molecular complexity index is 550. The molecule has 0 saturated heterocycles. The SMILES string of the molecule is Cc1nn(C2CCC(C)(C)CC2)cc1CS(N)(=O)=O. The summed E-state index contributed by atoms with van der Waals surface area (Å²) >= 11 is 0. The van der Waals surface area contributed by atoms with Gasteiger partial charge >= 0.3 is 0 Å². The molecule has 1 aliphatic carbocycles. The molecule has 0 bridgehead atoms. The fourth-order valence-corrected chi connectivity index (χ4v) is 3.43. The molecule has 1 heterocycles. The zero-order valence-electron chi connectivity index (χ0n) is 11.9. The Morgan fingerprint density at radius 3 is 2.53 bits per heavy atom. The molecule has 2 rings (SSSR count). The Morgan fingerprint density at radius 1 is 1.42 bits per heavy atom. The number of aryl methyl sites for hydroxylation is 1. The summed E-state index contributed by atoms with van der Waals surface area (Å²) in [5.74, 6) is -0.128. The molecule has 1 fully saturated rings. The highest BCUT2D eigenvalue weighted by Crippen LogP contribution is 2.40. The molecule has 2 N–H and O–H groups in total. The van der Waals surface area contributed by atoms with Crippen molar-refractivity contribution in [3.05, 3.63) is 17.5 Å². The van der Waals surface area contributed by atoms with Crippen LogP contribution in [-0.4, -0.2) is 18.2 Å². The molecule has 1 aliphatic rings.